The number of likely N-dealkylation sites (tertiary alicyclic amines) is 1. The number of benzene rings is 3. The van der Waals surface area contributed by atoms with Gasteiger partial charge in [-0.25, -0.2) is 0 Å². The van der Waals surface area contributed by atoms with Crippen molar-refractivity contribution in [2.75, 3.05) is 13.1 Å². The minimum atomic E-state index is -0.375. The lowest BCUT2D eigenvalue weighted by Gasteiger charge is -2.45. The number of aliphatic imine (C=N–C) groups is 1. The van der Waals surface area contributed by atoms with Gasteiger partial charge in [0.25, 0.3) is 0 Å². The third-order valence-electron chi connectivity index (χ3n) is 6.66. The van der Waals surface area contributed by atoms with Crippen LogP contribution in [0.15, 0.2) is 77.8 Å². The van der Waals surface area contributed by atoms with E-state index >= 15 is 0 Å². The van der Waals surface area contributed by atoms with E-state index in [4.69, 9.17) is 28.2 Å². The summed E-state index contributed by atoms with van der Waals surface area (Å²) in [5.41, 5.74) is 3.87. The SMILES string of the molecule is Oc1ccc(Cl)cc1C1CC(c2ccc(Cl)cc2)=NC2(CCN(Cc3ccccc3)CC2)N1. The molecule has 0 amide bonds. The Morgan fingerprint density at radius 3 is 2.36 bits per heavy atom. The van der Waals surface area contributed by atoms with E-state index in [1.165, 1.54) is 5.56 Å². The number of piperidine rings is 1. The monoisotopic (exact) mass is 479 g/mol. The molecule has 0 saturated carbocycles. The van der Waals surface area contributed by atoms with Crippen LogP contribution in [0.1, 0.15) is 42.0 Å². The van der Waals surface area contributed by atoms with Crippen molar-refractivity contribution in [3.63, 3.8) is 0 Å². The summed E-state index contributed by atoms with van der Waals surface area (Å²) in [5, 5.41) is 15.7. The lowest BCUT2D eigenvalue weighted by atomic mass is 9.87. The summed E-state index contributed by atoms with van der Waals surface area (Å²) in [6.07, 6.45) is 2.47. The van der Waals surface area contributed by atoms with Crippen molar-refractivity contribution in [3.8, 4) is 5.75 Å². The van der Waals surface area contributed by atoms with Crippen LogP contribution in [0.25, 0.3) is 0 Å². The lowest BCUT2D eigenvalue weighted by molar-refractivity contribution is 0.120. The maximum absolute atomic E-state index is 10.6. The highest BCUT2D eigenvalue weighted by atomic mass is 35.5. The highest BCUT2D eigenvalue weighted by Crippen LogP contribution is 2.38. The van der Waals surface area contributed by atoms with Gasteiger partial charge < -0.3 is 5.11 Å². The lowest BCUT2D eigenvalue weighted by Crippen LogP contribution is -2.55. The Morgan fingerprint density at radius 2 is 1.64 bits per heavy atom. The van der Waals surface area contributed by atoms with E-state index in [-0.39, 0.29) is 17.5 Å². The third-order valence-corrected chi connectivity index (χ3v) is 7.15. The summed E-state index contributed by atoms with van der Waals surface area (Å²) < 4.78 is 0. The number of phenolic OH excluding ortho intramolecular Hbond substituents is 1. The fourth-order valence-electron chi connectivity index (χ4n) is 4.90. The number of hydrogen-bond donors (Lipinski definition) is 2. The van der Waals surface area contributed by atoms with Crippen LogP contribution >= 0.6 is 23.2 Å². The quantitative estimate of drug-likeness (QED) is 0.467. The van der Waals surface area contributed by atoms with Gasteiger partial charge in [-0.2, -0.15) is 0 Å². The van der Waals surface area contributed by atoms with Crippen molar-refractivity contribution in [3.05, 3.63) is 99.5 Å². The molecule has 2 N–H and O–H groups in total. The van der Waals surface area contributed by atoms with E-state index in [0.29, 0.717) is 16.5 Å². The number of rotatable bonds is 4. The average molecular weight is 480 g/mol. The van der Waals surface area contributed by atoms with Crippen LogP contribution in [0, 0.1) is 0 Å². The minimum absolute atomic E-state index is 0.0763. The molecule has 0 bridgehead atoms. The Bertz CT molecular complexity index is 1140. The van der Waals surface area contributed by atoms with Crippen molar-refractivity contribution in [2.45, 2.75) is 37.5 Å². The second kappa shape index (κ2) is 9.47. The molecule has 6 heteroatoms. The molecular weight excluding hydrogens is 453 g/mol. The first-order valence-corrected chi connectivity index (χ1v) is 12.1. The Balaban J connectivity index is 1.43. The molecule has 1 atom stereocenters. The standard InChI is InChI=1S/C27H27Cl2N3O/c28-21-8-6-20(7-9-21)24-17-25(23-16-22(29)10-11-26(23)33)31-27(30-24)12-14-32(15-13-27)18-19-4-2-1-3-5-19/h1-11,16,25,31,33H,12-15,17-18H2. The minimum Gasteiger partial charge on any atom is -0.508 e. The van der Waals surface area contributed by atoms with Gasteiger partial charge in [-0.1, -0.05) is 65.7 Å². The maximum Gasteiger partial charge on any atom is 0.120 e. The van der Waals surface area contributed by atoms with E-state index in [2.05, 4.69) is 40.5 Å². The molecule has 1 fully saturated rings. The summed E-state index contributed by atoms with van der Waals surface area (Å²) in [5.74, 6) is 0.255. The summed E-state index contributed by atoms with van der Waals surface area (Å²) in [6.45, 7) is 2.85. The molecule has 0 radical (unpaired) electrons. The molecule has 2 heterocycles. The van der Waals surface area contributed by atoms with Crippen molar-refractivity contribution in [1.82, 2.24) is 10.2 Å². The van der Waals surface area contributed by atoms with Crippen molar-refractivity contribution >= 4 is 28.9 Å². The Morgan fingerprint density at radius 1 is 0.939 bits per heavy atom. The van der Waals surface area contributed by atoms with Crippen molar-refractivity contribution in [2.24, 2.45) is 4.99 Å². The summed E-state index contributed by atoms with van der Waals surface area (Å²) in [7, 11) is 0. The molecule has 1 saturated heterocycles. The van der Waals surface area contributed by atoms with Gasteiger partial charge in [0.2, 0.25) is 0 Å². The highest BCUT2D eigenvalue weighted by molar-refractivity contribution is 6.31. The molecule has 170 valence electrons. The number of phenols is 1. The molecule has 2 aliphatic rings. The predicted molar refractivity (Wildman–Crippen MR) is 135 cm³/mol. The molecule has 1 unspecified atom stereocenters. The van der Waals surface area contributed by atoms with E-state index in [1.807, 2.05) is 30.3 Å². The number of hydrogen-bond acceptors (Lipinski definition) is 4. The van der Waals surface area contributed by atoms with Crippen molar-refractivity contribution < 1.29 is 5.11 Å². The summed E-state index contributed by atoms with van der Waals surface area (Å²) in [6, 6.07) is 23.6. The molecule has 3 aromatic rings. The van der Waals surface area contributed by atoms with Gasteiger partial charge in [0.1, 0.15) is 11.4 Å². The van der Waals surface area contributed by atoms with Gasteiger partial charge in [-0.3, -0.25) is 15.2 Å². The molecule has 0 aliphatic carbocycles. The van der Waals surface area contributed by atoms with E-state index in [9.17, 15) is 5.11 Å². The van der Waals surface area contributed by atoms with E-state index in [1.54, 1.807) is 12.1 Å². The number of nitrogens with one attached hydrogen (secondary N) is 1. The van der Waals surface area contributed by atoms with Gasteiger partial charge in [0.15, 0.2) is 0 Å². The van der Waals surface area contributed by atoms with Crippen LogP contribution in [-0.4, -0.2) is 34.5 Å². The number of nitrogens with zero attached hydrogens (tertiary/aromatic N) is 2. The molecular formula is C27H27Cl2N3O. The summed E-state index contributed by atoms with van der Waals surface area (Å²) >= 11 is 12.4. The van der Waals surface area contributed by atoms with Crippen LogP contribution in [0.5, 0.6) is 5.75 Å². The first-order chi connectivity index (χ1) is 16.0. The Labute approximate surface area is 204 Å². The number of aromatic hydroxyl groups is 1. The zero-order valence-corrected chi connectivity index (χ0v) is 19.9. The van der Waals surface area contributed by atoms with Gasteiger partial charge >= 0.3 is 0 Å². The molecule has 33 heavy (non-hydrogen) atoms. The molecule has 0 aromatic heterocycles. The first kappa shape index (κ1) is 22.4. The average Bonchev–Trinajstić information content (AvgIpc) is 2.83. The zero-order valence-electron chi connectivity index (χ0n) is 18.3. The van der Waals surface area contributed by atoms with Crippen LogP contribution in [0.2, 0.25) is 10.0 Å². The Kier molecular flexibility index (Phi) is 6.44. The third kappa shape index (κ3) is 5.10. The second-order valence-corrected chi connectivity index (χ2v) is 9.84. The van der Waals surface area contributed by atoms with Crippen LogP contribution in [0.3, 0.4) is 0 Å². The van der Waals surface area contributed by atoms with Crippen LogP contribution in [-0.2, 0) is 6.54 Å². The normalized spacial score (nSPS) is 20.5. The number of halogens is 2. The van der Waals surface area contributed by atoms with Gasteiger partial charge in [0.05, 0.1) is 0 Å². The summed E-state index contributed by atoms with van der Waals surface area (Å²) in [4.78, 5) is 7.75. The van der Waals surface area contributed by atoms with Crippen LogP contribution < -0.4 is 5.32 Å². The molecule has 1 spiro atoms. The van der Waals surface area contributed by atoms with Gasteiger partial charge in [-0.05, 0) is 54.3 Å². The topological polar surface area (TPSA) is 47.9 Å². The molecule has 2 aliphatic heterocycles. The molecule has 5 rings (SSSR count). The molecule has 4 nitrogen and oxygen atoms in total. The zero-order chi connectivity index (χ0) is 22.8. The highest BCUT2D eigenvalue weighted by Gasteiger charge is 2.40. The van der Waals surface area contributed by atoms with E-state index in [0.717, 1.165) is 49.3 Å². The second-order valence-electron chi connectivity index (χ2n) is 8.96. The van der Waals surface area contributed by atoms with Crippen molar-refractivity contribution in [1.29, 1.82) is 0 Å². The fraction of sp³-hybridized carbons (Fsp3) is 0.296. The van der Waals surface area contributed by atoms with Crippen LogP contribution in [0.4, 0.5) is 0 Å². The van der Waals surface area contributed by atoms with E-state index < -0.39 is 0 Å². The smallest absolute Gasteiger partial charge is 0.120 e. The predicted octanol–water partition coefficient (Wildman–Crippen LogP) is 6.22. The Hall–Kier alpha value is -2.37. The first-order valence-electron chi connectivity index (χ1n) is 11.4. The largest absolute Gasteiger partial charge is 0.508 e. The molecule has 3 aromatic carbocycles. The van der Waals surface area contributed by atoms with Gasteiger partial charge in [-0.15, -0.1) is 0 Å². The fourth-order valence-corrected chi connectivity index (χ4v) is 5.21. The van der Waals surface area contributed by atoms with Gasteiger partial charge in [0, 0.05) is 53.4 Å². The maximum atomic E-state index is 10.6.